The van der Waals surface area contributed by atoms with E-state index in [9.17, 15) is 9.90 Å². The van der Waals surface area contributed by atoms with E-state index < -0.39 is 0 Å². The van der Waals surface area contributed by atoms with Gasteiger partial charge in [0.15, 0.2) is 0 Å². The number of benzene rings is 3. The zero-order valence-electron chi connectivity index (χ0n) is 13.3. The normalized spacial score (nSPS) is 10.7. The molecule has 0 radical (unpaired) electrons. The van der Waals surface area contributed by atoms with Crippen molar-refractivity contribution in [1.29, 1.82) is 0 Å². The molecule has 5 heteroatoms. The van der Waals surface area contributed by atoms with E-state index in [1.165, 1.54) is 0 Å². The summed E-state index contributed by atoms with van der Waals surface area (Å²) >= 11 is 0. The van der Waals surface area contributed by atoms with Crippen LogP contribution in [0.25, 0.3) is 27.8 Å². The fourth-order valence-corrected chi connectivity index (χ4v) is 2.84. The first-order chi connectivity index (χ1) is 12.2. The number of aromatic hydroxyl groups is 1. The lowest BCUT2D eigenvalue weighted by Crippen LogP contribution is -1.95. The third-order valence-corrected chi connectivity index (χ3v) is 4.12. The highest BCUT2D eigenvalue weighted by Crippen LogP contribution is 2.27. The first kappa shape index (κ1) is 15.0. The number of hydrogen-bond acceptors (Lipinski definition) is 3. The van der Waals surface area contributed by atoms with Crippen molar-refractivity contribution < 1.29 is 9.90 Å². The number of phenolic OH excluding ortho intramolecular Hbond substituents is 1. The average molecular weight is 329 g/mol. The monoisotopic (exact) mass is 329 g/mol. The zero-order chi connectivity index (χ0) is 17.2. The van der Waals surface area contributed by atoms with Crippen LogP contribution in [0.3, 0.4) is 0 Å². The Balaban J connectivity index is 1.72. The van der Waals surface area contributed by atoms with E-state index in [1.54, 1.807) is 18.5 Å². The molecule has 0 atom stereocenters. The molecular weight excluding hydrogens is 314 g/mol. The van der Waals surface area contributed by atoms with Crippen molar-refractivity contribution in [2.75, 3.05) is 5.32 Å². The summed E-state index contributed by atoms with van der Waals surface area (Å²) in [6, 6.07) is 20.8. The Bertz CT molecular complexity index is 1030. The van der Waals surface area contributed by atoms with Crippen LogP contribution < -0.4 is 5.32 Å². The van der Waals surface area contributed by atoms with Gasteiger partial charge in [0.2, 0.25) is 6.41 Å². The second kappa shape index (κ2) is 6.13. The van der Waals surface area contributed by atoms with E-state index in [4.69, 9.17) is 0 Å². The minimum absolute atomic E-state index is 0.252. The van der Waals surface area contributed by atoms with Gasteiger partial charge < -0.3 is 10.4 Å². The molecule has 2 N–H and O–H groups in total. The first-order valence-corrected chi connectivity index (χ1v) is 7.82. The molecular formula is C20H15N3O2. The average Bonchev–Trinajstić information content (AvgIpc) is 3.06. The van der Waals surface area contributed by atoms with Crippen LogP contribution in [0.2, 0.25) is 0 Å². The van der Waals surface area contributed by atoms with Crippen LogP contribution in [0.5, 0.6) is 5.75 Å². The second-order valence-electron chi connectivity index (χ2n) is 5.67. The number of carbonyl (C=O) groups excluding carboxylic acids is 1. The van der Waals surface area contributed by atoms with Crippen LogP contribution >= 0.6 is 0 Å². The van der Waals surface area contributed by atoms with Crippen LogP contribution in [0.4, 0.5) is 5.69 Å². The summed E-state index contributed by atoms with van der Waals surface area (Å²) in [7, 11) is 0. The van der Waals surface area contributed by atoms with Crippen molar-refractivity contribution in [3.05, 3.63) is 73.1 Å². The lowest BCUT2D eigenvalue weighted by Gasteiger charge is -2.07. The van der Waals surface area contributed by atoms with Crippen LogP contribution in [0, 0.1) is 0 Å². The van der Waals surface area contributed by atoms with Crippen molar-refractivity contribution in [2.45, 2.75) is 0 Å². The quantitative estimate of drug-likeness (QED) is 0.557. The van der Waals surface area contributed by atoms with Crippen LogP contribution in [0.15, 0.2) is 73.1 Å². The van der Waals surface area contributed by atoms with Gasteiger partial charge in [-0.2, -0.15) is 0 Å². The highest BCUT2D eigenvalue weighted by molar-refractivity contribution is 5.83. The molecule has 122 valence electrons. The fourth-order valence-electron chi connectivity index (χ4n) is 2.84. The maximum atomic E-state index is 10.5. The van der Waals surface area contributed by atoms with Gasteiger partial charge in [-0.3, -0.25) is 9.36 Å². The number of rotatable bonds is 4. The van der Waals surface area contributed by atoms with Gasteiger partial charge in [-0.25, -0.2) is 4.98 Å². The summed E-state index contributed by atoms with van der Waals surface area (Å²) in [4.78, 5) is 15.0. The minimum atomic E-state index is 0.252. The molecule has 1 heterocycles. The number of hydrogen-bond donors (Lipinski definition) is 2. The summed E-state index contributed by atoms with van der Waals surface area (Å²) in [5.41, 5.74) is 5.68. The molecule has 0 unspecified atom stereocenters. The Morgan fingerprint density at radius 3 is 2.36 bits per heavy atom. The Labute approximate surface area is 144 Å². The van der Waals surface area contributed by atoms with E-state index in [1.807, 2.05) is 59.2 Å². The summed E-state index contributed by atoms with van der Waals surface area (Å²) < 4.78 is 2.00. The molecule has 3 aromatic carbocycles. The summed E-state index contributed by atoms with van der Waals surface area (Å²) in [5, 5.41) is 12.0. The third kappa shape index (κ3) is 2.83. The van der Waals surface area contributed by atoms with Crippen LogP contribution in [0.1, 0.15) is 0 Å². The zero-order valence-corrected chi connectivity index (χ0v) is 13.3. The number of phenols is 1. The minimum Gasteiger partial charge on any atom is -0.508 e. The SMILES string of the molecule is O=CNc1ccc(-n2cnc3cc(-c4ccc(O)cc4)ccc32)cc1. The maximum Gasteiger partial charge on any atom is 0.211 e. The van der Waals surface area contributed by atoms with Gasteiger partial charge in [0, 0.05) is 11.4 Å². The second-order valence-corrected chi connectivity index (χ2v) is 5.67. The maximum absolute atomic E-state index is 10.5. The lowest BCUT2D eigenvalue weighted by atomic mass is 10.1. The molecule has 0 saturated carbocycles. The Kier molecular flexibility index (Phi) is 3.67. The first-order valence-electron chi connectivity index (χ1n) is 7.82. The van der Waals surface area contributed by atoms with Gasteiger partial charge in [-0.05, 0) is 59.7 Å². The molecule has 0 aliphatic carbocycles. The van der Waals surface area contributed by atoms with E-state index in [0.717, 1.165) is 33.5 Å². The molecule has 25 heavy (non-hydrogen) atoms. The number of nitrogens with one attached hydrogen (secondary N) is 1. The third-order valence-electron chi connectivity index (χ3n) is 4.12. The molecule has 1 amide bonds. The van der Waals surface area contributed by atoms with Gasteiger partial charge >= 0.3 is 0 Å². The van der Waals surface area contributed by atoms with E-state index >= 15 is 0 Å². The van der Waals surface area contributed by atoms with E-state index in [2.05, 4.69) is 10.3 Å². The van der Waals surface area contributed by atoms with Gasteiger partial charge in [0.25, 0.3) is 0 Å². The number of imidazole rings is 1. The number of anilines is 1. The number of fused-ring (bicyclic) bond motifs is 1. The summed E-state index contributed by atoms with van der Waals surface area (Å²) in [6.07, 6.45) is 2.44. The Morgan fingerprint density at radius 2 is 1.64 bits per heavy atom. The highest BCUT2D eigenvalue weighted by Gasteiger charge is 2.07. The number of carbonyl (C=O) groups is 1. The molecule has 0 aliphatic rings. The number of aromatic nitrogens is 2. The predicted molar refractivity (Wildman–Crippen MR) is 97.9 cm³/mol. The van der Waals surface area contributed by atoms with Gasteiger partial charge in [0.05, 0.1) is 11.0 Å². The van der Waals surface area contributed by atoms with Gasteiger partial charge in [-0.15, -0.1) is 0 Å². The standard InChI is InChI=1S/C20H15N3O2/c24-13-22-16-4-6-17(7-5-16)23-12-21-19-11-15(3-10-20(19)23)14-1-8-18(25)9-2-14/h1-13,25H,(H,22,24). The van der Waals surface area contributed by atoms with Crippen LogP contribution in [-0.2, 0) is 4.79 Å². The fraction of sp³-hybridized carbons (Fsp3) is 0. The largest absolute Gasteiger partial charge is 0.508 e. The molecule has 5 nitrogen and oxygen atoms in total. The summed E-state index contributed by atoms with van der Waals surface area (Å²) in [6.45, 7) is 0. The van der Waals surface area contributed by atoms with Gasteiger partial charge in [-0.1, -0.05) is 18.2 Å². The molecule has 1 aromatic heterocycles. The summed E-state index contributed by atoms with van der Waals surface area (Å²) in [5.74, 6) is 0.252. The Morgan fingerprint density at radius 1 is 0.920 bits per heavy atom. The molecule has 0 saturated heterocycles. The molecule has 0 bridgehead atoms. The van der Waals surface area contributed by atoms with Crippen molar-refractivity contribution in [1.82, 2.24) is 9.55 Å². The van der Waals surface area contributed by atoms with Crippen molar-refractivity contribution in [3.63, 3.8) is 0 Å². The van der Waals surface area contributed by atoms with Crippen LogP contribution in [-0.4, -0.2) is 21.1 Å². The van der Waals surface area contributed by atoms with E-state index in [-0.39, 0.29) is 5.75 Å². The van der Waals surface area contributed by atoms with Gasteiger partial charge in [0.1, 0.15) is 12.1 Å². The number of nitrogens with zero attached hydrogens (tertiary/aromatic N) is 2. The molecule has 0 aliphatic heterocycles. The van der Waals surface area contributed by atoms with Crippen molar-refractivity contribution in [3.8, 4) is 22.6 Å². The molecule has 0 spiro atoms. The highest BCUT2D eigenvalue weighted by atomic mass is 16.3. The van der Waals surface area contributed by atoms with E-state index in [0.29, 0.717) is 6.41 Å². The lowest BCUT2D eigenvalue weighted by molar-refractivity contribution is -0.105. The number of amides is 1. The van der Waals surface area contributed by atoms with Crippen molar-refractivity contribution in [2.24, 2.45) is 0 Å². The molecule has 0 fully saturated rings. The Hall–Kier alpha value is -3.60. The topological polar surface area (TPSA) is 67.2 Å². The van der Waals surface area contributed by atoms with Crippen molar-refractivity contribution >= 4 is 23.1 Å². The predicted octanol–water partition coefficient (Wildman–Crippen LogP) is 3.97. The smallest absolute Gasteiger partial charge is 0.211 e. The molecule has 4 aromatic rings. The molecule has 4 rings (SSSR count).